The number of nitrogens with two attached hydrogens (primary N) is 1. The summed E-state index contributed by atoms with van der Waals surface area (Å²) in [6.45, 7) is 4.09. The minimum absolute atomic E-state index is 0.260. The molecule has 3 nitrogen and oxygen atoms in total. The lowest BCUT2D eigenvalue weighted by molar-refractivity contribution is 0.100. The standard InChI is InChI=1S/C11H12N2OS/c1-6(2)8-9-7(4-3-5-13-9)15-10(8)11(12)14/h3-6H,1-2H3,(H2,12,14). The number of hydrogen-bond acceptors (Lipinski definition) is 3. The summed E-state index contributed by atoms with van der Waals surface area (Å²) in [6.07, 6.45) is 1.74. The van der Waals surface area contributed by atoms with Crippen LogP contribution in [0.2, 0.25) is 0 Å². The van der Waals surface area contributed by atoms with Crippen molar-refractivity contribution in [2.75, 3.05) is 0 Å². The summed E-state index contributed by atoms with van der Waals surface area (Å²) < 4.78 is 1.02. The third kappa shape index (κ3) is 1.61. The van der Waals surface area contributed by atoms with Gasteiger partial charge in [0.1, 0.15) is 0 Å². The van der Waals surface area contributed by atoms with Crippen molar-refractivity contribution in [3.63, 3.8) is 0 Å². The lowest BCUT2D eigenvalue weighted by atomic mass is 10.0. The second-order valence-electron chi connectivity index (χ2n) is 3.71. The van der Waals surface area contributed by atoms with E-state index in [0.29, 0.717) is 4.88 Å². The molecule has 1 amide bonds. The number of thiophene rings is 1. The van der Waals surface area contributed by atoms with E-state index in [9.17, 15) is 4.79 Å². The van der Waals surface area contributed by atoms with Crippen LogP contribution in [0.15, 0.2) is 18.3 Å². The molecule has 0 radical (unpaired) electrons. The topological polar surface area (TPSA) is 56.0 Å². The second-order valence-corrected chi connectivity index (χ2v) is 4.77. The molecule has 0 atom stereocenters. The van der Waals surface area contributed by atoms with Gasteiger partial charge in [0.05, 0.1) is 15.1 Å². The van der Waals surface area contributed by atoms with Crippen molar-refractivity contribution in [3.05, 3.63) is 28.8 Å². The summed E-state index contributed by atoms with van der Waals surface area (Å²) in [5, 5.41) is 0. The average Bonchev–Trinajstić information content (AvgIpc) is 2.56. The Labute approximate surface area is 91.9 Å². The number of aromatic nitrogens is 1. The second kappa shape index (κ2) is 3.62. The Hall–Kier alpha value is -1.42. The predicted molar refractivity (Wildman–Crippen MR) is 62.2 cm³/mol. The van der Waals surface area contributed by atoms with E-state index in [4.69, 9.17) is 5.73 Å². The Bertz CT molecular complexity index is 516. The maximum Gasteiger partial charge on any atom is 0.259 e. The number of carbonyl (C=O) groups excluding carboxylic acids is 1. The van der Waals surface area contributed by atoms with Crippen molar-refractivity contribution < 1.29 is 4.79 Å². The molecule has 2 rings (SSSR count). The summed E-state index contributed by atoms with van der Waals surface area (Å²) >= 11 is 1.42. The van der Waals surface area contributed by atoms with E-state index in [1.54, 1.807) is 6.20 Å². The summed E-state index contributed by atoms with van der Waals surface area (Å²) in [7, 11) is 0. The molecular formula is C11H12N2OS. The Kier molecular flexibility index (Phi) is 2.44. The number of hydrogen-bond donors (Lipinski definition) is 1. The van der Waals surface area contributed by atoms with Crippen LogP contribution in [0.25, 0.3) is 10.2 Å². The smallest absolute Gasteiger partial charge is 0.259 e. The molecule has 0 fully saturated rings. The first-order valence-electron chi connectivity index (χ1n) is 4.78. The molecule has 2 heterocycles. The van der Waals surface area contributed by atoms with Crippen LogP contribution in [-0.2, 0) is 0 Å². The van der Waals surface area contributed by atoms with Crippen molar-refractivity contribution in [2.24, 2.45) is 5.73 Å². The highest BCUT2D eigenvalue weighted by atomic mass is 32.1. The van der Waals surface area contributed by atoms with Crippen LogP contribution >= 0.6 is 11.3 Å². The van der Waals surface area contributed by atoms with E-state index in [2.05, 4.69) is 4.98 Å². The first-order valence-corrected chi connectivity index (χ1v) is 5.60. The summed E-state index contributed by atoms with van der Waals surface area (Å²) in [4.78, 5) is 16.2. The van der Waals surface area contributed by atoms with E-state index in [-0.39, 0.29) is 11.8 Å². The zero-order valence-corrected chi connectivity index (χ0v) is 9.47. The van der Waals surface area contributed by atoms with E-state index < -0.39 is 0 Å². The van der Waals surface area contributed by atoms with Gasteiger partial charge in [0.2, 0.25) is 0 Å². The SMILES string of the molecule is CC(C)c1c(C(N)=O)sc2cccnc12. The van der Waals surface area contributed by atoms with Gasteiger partial charge in [-0.15, -0.1) is 11.3 Å². The average molecular weight is 220 g/mol. The van der Waals surface area contributed by atoms with Crippen molar-refractivity contribution in [2.45, 2.75) is 19.8 Å². The predicted octanol–water partition coefficient (Wildman–Crippen LogP) is 2.52. The van der Waals surface area contributed by atoms with E-state index in [0.717, 1.165) is 15.8 Å². The van der Waals surface area contributed by atoms with Gasteiger partial charge < -0.3 is 5.73 Å². The molecule has 2 aromatic heterocycles. The molecule has 0 aliphatic rings. The molecule has 0 aliphatic heterocycles. The van der Waals surface area contributed by atoms with Gasteiger partial charge >= 0.3 is 0 Å². The highest BCUT2D eigenvalue weighted by molar-refractivity contribution is 7.21. The quantitative estimate of drug-likeness (QED) is 0.845. The number of nitrogens with zero attached hydrogens (tertiary/aromatic N) is 1. The van der Waals surface area contributed by atoms with Crippen LogP contribution in [-0.4, -0.2) is 10.9 Å². The highest BCUT2D eigenvalue weighted by Crippen LogP contribution is 2.34. The Morgan fingerprint density at radius 3 is 2.87 bits per heavy atom. The summed E-state index contributed by atoms with van der Waals surface area (Å²) in [5.74, 6) is -0.0992. The molecule has 2 N–H and O–H groups in total. The van der Waals surface area contributed by atoms with Crippen molar-refractivity contribution in [3.8, 4) is 0 Å². The third-order valence-corrected chi connectivity index (χ3v) is 3.46. The molecule has 0 spiro atoms. The number of amides is 1. The van der Waals surface area contributed by atoms with Gasteiger partial charge in [0.15, 0.2) is 0 Å². The monoisotopic (exact) mass is 220 g/mol. The Morgan fingerprint density at radius 2 is 2.27 bits per heavy atom. The molecular weight excluding hydrogens is 208 g/mol. The molecule has 78 valence electrons. The number of pyridine rings is 1. The maximum absolute atomic E-state index is 11.3. The van der Waals surface area contributed by atoms with Crippen molar-refractivity contribution in [1.82, 2.24) is 4.98 Å². The van der Waals surface area contributed by atoms with Crippen molar-refractivity contribution >= 4 is 27.5 Å². The van der Waals surface area contributed by atoms with Gasteiger partial charge in [0, 0.05) is 11.8 Å². The highest BCUT2D eigenvalue weighted by Gasteiger charge is 2.19. The Balaban J connectivity index is 2.80. The zero-order chi connectivity index (χ0) is 11.0. The minimum atomic E-state index is -0.360. The first kappa shape index (κ1) is 10.1. The number of fused-ring (bicyclic) bond motifs is 1. The van der Waals surface area contributed by atoms with Crippen LogP contribution in [0.4, 0.5) is 0 Å². The van der Waals surface area contributed by atoms with Gasteiger partial charge in [-0.1, -0.05) is 13.8 Å². The zero-order valence-electron chi connectivity index (χ0n) is 8.65. The van der Waals surface area contributed by atoms with Crippen molar-refractivity contribution in [1.29, 1.82) is 0 Å². The minimum Gasteiger partial charge on any atom is -0.365 e. The normalized spacial score (nSPS) is 11.1. The van der Waals surface area contributed by atoms with Gasteiger partial charge in [-0.05, 0) is 18.1 Å². The van der Waals surface area contributed by atoms with Gasteiger partial charge in [-0.2, -0.15) is 0 Å². The van der Waals surface area contributed by atoms with Gasteiger partial charge in [-0.3, -0.25) is 9.78 Å². The summed E-state index contributed by atoms with van der Waals surface area (Å²) in [5.41, 5.74) is 7.24. The molecule has 15 heavy (non-hydrogen) atoms. The lowest BCUT2D eigenvalue weighted by Crippen LogP contribution is -2.11. The largest absolute Gasteiger partial charge is 0.365 e. The molecule has 4 heteroatoms. The first-order chi connectivity index (χ1) is 7.11. The molecule has 0 unspecified atom stereocenters. The lowest BCUT2D eigenvalue weighted by Gasteiger charge is -2.04. The molecule has 0 bridgehead atoms. The van der Waals surface area contributed by atoms with Crippen LogP contribution < -0.4 is 5.73 Å². The molecule has 0 saturated heterocycles. The van der Waals surface area contributed by atoms with Gasteiger partial charge in [0.25, 0.3) is 5.91 Å². The number of carbonyl (C=O) groups is 1. The Morgan fingerprint density at radius 1 is 1.53 bits per heavy atom. The maximum atomic E-state index is 11.3. The third-order valence-electron chi connectivity index (χ3n) is 2.28. The fourth-order valence-corrected chi connectivity index (χ4v) is 2.84. The van der Waals surface area contributed by atoms with E-state index in [1.807, 2.05) is 26.0 Å². The van der Waals surface area contributed by atoms with Crippen LogP contribution in [0.1, 0.15) is 35.0 Å². The summed E-state index contributed by atoms with van der Waals surface area (Å²) in [6, 6.07) is 3.83. The fourth-order valence-electron chi connectivity index (χ4n) is 1.67. The molecule has 2 aromatic rings. The fraction of sp³-hybridized carbons (Fsp3) is 0.273. The van der Waals surface area contributed by atoms with Crippen LogP contribution in [0.5, 0.6) is 0 Å². The number of primary amides is 1. The van der Waals surface area contributed by atoms with E-state index >= 15 is 0 Å². The molecule has 0 saturated carbocycles. The molecule has 0 aromatic carbocycles. The number of rotatable bonds is 2. The van der Waals surface area contributed by atoms with Crippen LogP contribution in [0, 0.1) is 0 Å². The molecule has 0 aliphatic carbocycles. The van der Waals surface area contributed by atoms with Gasteiger partial charge in [-0.25, -0.2) is 0 Å². The van der Waals surface area contributed by atoms with Crippen LogP contribution in [0.3, 0.4) is 0 Å². The van der Waals surface area contributed by atoms with E-state index in [1.165, 1.54) is 11.3 Å².